The SMILES string of the molecule is CN(CC(F)F)c1nc2c(s1)C(O)CC(C)(C)C2. The van der Waals surface area contributed by atoms with Crippen molar-refractivity contribution >= 4 is 16.5 Å². The Balaban J connectivity index is 2.23. The van der Waals surface area contributed by atoms with Crippen molar-refractivity contribution in [2.45, 2.75) is 39.2 Å². The van der Waals surface area contributed by atoms with Crippen LogP contribution >= 0.6 is 11.3 Å². The third kappa shape index (κ3) is 2.80. The van der Waals surface area contributed by atoms with Crippen molar-refractivity contribution in [2.24, 2.45) is 5.41 Å². The highest BCUT2D eigenvalue weighted by atomic mass is 32.1. The Labute approximate surface area is 109 Å². The number of hydrogen-bond acceptors (Lipinski definition) is 4. The van der Waals surface area contributed by atoms with E-state index in [2.05, 4.69) is 18.8 Å². The lowest BCUT2D eigenvalue weighted by atomic mass is 9.77. The van der Waals surface area contributed by atoms with Gasteiger partial charge in [0.2, 0.25) is 0 Å². The lowest BCUT2D eigenvalue weighted by molar-refractivity contribution is 0.102. The van der Waals surface area contributed by atoms with E-state index in [1.165, 1.54) is 16.2 Å². The molecule has 0 saturated carbocycles. The molecule has 6 heteroatoms. The van der Waals surface area contributed by atoms with E-state index < -0.39 is 12.5 Å². The largest absolute Gasteiger partial charge is 0.387 e. The normalized spacial score (nSPS) is 22.1. The Bertz CT molecular complexity index is 434. The van der Waals surface area contributed by atoms with E-state index >= 15 is 0 Å². The Hall–Kier alpha value is -0.750. The van der Waals surface area contributed by atoms with Gasteiger partial charge in [0.15, 0.2) is 5.13 Å². The first kappa shape index (κ1) is 13.7. The van der Waals surface area contributed by atoms with Gasteiger partial charge in [0.25, 0.3) is 6.43 Å². The first-order chi connectivity index (χ1) is 8.28. The van der Waals surface area contributed by atoms with Crippen LogP contribution in [0.25, 0.3) is 0 Å². The average Bonchev–Trinajstić information content (AvgIpc) is 2.58. The molecule has 1 aromatic heterocycles. The van der Waals surface area contributed by atoms with Gasteiger partial charge in [-0.15, -0.1) is 0 Å². The highest BCUT2D eigenvalue weighted by Gasteiger charge is 2.34. The van der Waals surface area contributed by atoms with Crippen molar-refractivity contribution in [1.29, 1.82) is 0 Å². The van der Waals surface area contributed by atoms with E-state index in [0.29, 0.717) is 11.6 Å². The van der Waals surface area contributed by atoms with E-state index in [0.717, 1.165) is 17.0 Å². The Morgan fingerprint density at radius 3 is 2.83 bits per heavy atom. The molecule has 1 heterocycles. The molecule has 0 saturated heterocycles. The molecule has 0 radical (unpaired) electrons. The van der Waals surface area contributed by atoms with Crippen LogP contribution in [0, 0.1) is 5.41 Å². The second kappa shape index (κ2) is 4.74. The molecular weight excluding hydrogens is 258 g/mol. The fourth-order valence-corrected chi connectivity index (χ4v) is 3.37. The van der Waals surface area contributed by atoms with Crippen LogP contribution < -0.4 is 4.90 Å². The van der Waals surface area contributed by atoms with Crippen LogP contribution in [0.5, 0.6) is 0 Å². The van der Waals surface area contributed by atoms with Crippen LogP contribution in [0.2, 0.25) is 0 Å². The lowest BCUT2D eigenvalue weighted by Crippen LogP contribution is -2.25. The van der Waals surface area contributed by atoms with Gasteiger partial charge in [0, 0.05) is 7.05 Å². The smallest absolute Gasteiger partial charge is 0.255 e. The molecule has 1 unspecified atom stereocenters. The van der Waals surface area contributed by atoms with Crippen molar-refractivity contribution < 1.29 is 13.9 Å². The van der Waals surface area contributed by atoms with Crippen LogP contribution in [0.1, 0.15) is 36.9 Å². The molecule has 1 N–H and O–H groups in total. The monoisotopic (exact) mass is 276 g/mol. The third-order valence-corrected chi connectivity index (χ3v) is 4.46. The first-order valence-corrected chi connectivity index (χ1v) is 6.77. The minimum Gasteiger partial charge on any atom is -0.387 e. The zero-order chi connectivity index (χ0) is 13.5. The highest BCUT2D eigenvalue weighted by Crippen LogP contribution is 2.44. The second-order valence-electron chi connectivity index (χ2n) is 5.64. The third-order valence-electron chi connectivity index (χ3n) is 3.15. The van der Waals surface area contributed by atoms with Gasteiger partial charge in [-0.05, 0) is 18.3 Å². The van der Waals surface area contributed by atoms with E-state index in [9.17, 15) is 13.9 Å². The summed E-state index contributed by atoms with van der Waals surface area (Å²) in [6.45, 7) is 3.84. The van der Waals surface area contributed by atoms with Crippen molar-refractivity contribution in [3.8, 4) is 0 Å². The predicted molar refractivity (Wildman–Crippen MR) is 68.4 cm³/mol. The molecule has 0 aliphatic heterocycles. The summed E-state index contributed by atoms with van der Waals surface area (Å²) in [6, 6.07) is 0. The molecule has 0 spiro atoms. The zero-order valence-corrected chi connectivity index (χ0v) is 11.6. The number of nitrogens with zero attached hydrogens (tertiary/aromatic N) is 2. The summed E-state index contributed by atoms with van der Waals surface area (Å²) in [5.74, 6) is 0. The fraction of sp³-hybridized carbons (Fsp3) is 0.750. The van der Waals surface area contributed by atoms with E-state index in [1.807, 2.05) is 0 Å². The number of alkyl halides is 2. The average molecular weight is 276 g/mol. The van der Waals surface area contributed by atoms with E-state index in [-0.39, 0.29) is 12.0 Å². The molecule has 102 valence electrons. The van der Waals surface area contributed by atoms with Gasteiger partial charge >= 0.3 is 0 Å². The van der Waals surface area contributed by atoms with Gasteiger partial charge in [-0.2, -0.15) is 0 Å². The lowest BCUT2D eigenvalue weighted by Gasteiger charge is -2.31. The van der Waals surface area contributed by atoms with Crippen LogP contribution in [0.4, 0.5) is 13.9 Å². The summed E-state index contributed by atoms with van der Waals surface area (Å²) >= 11 is 1.33. The molecule has 3 nitrogen and oxygen atoms in total. The molecule has 0 fully saturated rings. The standard InChI is InChI=1S/C12H18F2N2OS/c1-12(2)4-7-10(8(17)5-12)18-11(15-7)16(3)6-9(13)14/h8-9,17H,4-6H2,1-3H3. The number of aliphatic hydroxyl groups excluding tert-OH is 1. The summed E-state index contributed by atoms with van der Waals surface area (Å²) in [7, 11) is 1.61. The Morgan fingerprint density at radius 2 is 2.22 bits per heavy atom. The van der Waals surface area contributed by atoms with Crippen LogP contribution in [0.3, 0.4) is 0 Å². The van der Waals surface area contributed by atoms with Crippen molar-refractivity contribution in [3.05, 3.63) is 10.6 Å². The maximum Gasteiger partial charge on any atom is 0.255 e. The number of halogens is 2. The fourth-order valence-electron chi connectivity index (χ4n) is 2.33. The highest BCUT2D eigenvalue weighted by molar-refractivity contribution is 7.15. The quantitative estimate of drug-likeness (QED) is 0.922. The van der Waals surface area contributed by atoms with Crippen LogP contribution in [0.15, 0.2) is 0 Å². The maximum atomic E-state index is 12.3. The minimum atomic E-state index is -2.38. The molecule has 0 bridgehead atoms. The van der Waals surface area contributed by atoms with Gasteiger partial charge < -0.3 is 10.0 Å². The number of aliphatic hydroxyl groups is 1. The van der Waals surface area contributed by atoms with Crippen molar-refractivity contribution in [1.82, 2.24) is 4.98 Å². The Kier molecular flexibility index (Phi) is 3.60. The summed E-state index contributed by atoms with van der Waals surface area (Å²) < 4.78 is 24.7. The second-order valence-corrected chi connectivity index (χ2v) is 6.65. The van der Waals surface area contributed by atoms with Gasteiger partial charge in [0.05, 0.1) is 23.2 Å². The summed E-state index contributed by atoms with van der Waals surface area (Å²) in [5.41, 5.74) is 0.874. The number of rotatable bonds is 3. The molecule has 1 aliphatic rings. The van der Waals surface area contributed by atoms with Gasteiger partial charge in [-0.1, -0.05) is 25.2 Å². The molecule has 18 heavy (non-hydrogen) atoms. The zero-order valence-electron chi connectivity index (χ0n) is 10.8. The molecule has 1 aliphatic carbocycles. The Morgan fingerprint density at radius 1 is 1.56 bits per heavy atom. The molecule has 1 atom stereocenters. The molecule has 1 aromatic rings. The van der Waals surface area contributed by atoms with Crippen molar-refractivity contribution in [2.75, 3.05) is 18.5 Å². The number of hydrogen-bond donors (Lipinski definition) is 1. The molecule has 0 amide bonds. The summed E-state index contributed by atoms with van der Waals surface area (Å²) in [6.07, 6.45) is -1.41. The summed E-state index contributed by atoms with van der Waals surface area (Å²) in [4.78, 5) is 6.69. The van der Waals surface area contributed by atoms with Crippen LogP contribution in [-0.4, -0.2) is 30.1 Å². The van der Waals surface area contributed by atoms with Crippen molar-refractivity contribution in [3.63, 3.8) is 0 Å². The first-order valence-electron chi connectivity index (χ1n) is 5.95. The maximum absolute atomic E-state index is 12.3. The molecule has 0 aromatic carbocycles. The van der Waals surface area contributed by atoms with Gasteiger partial charge in [-0.3, -0.25) is 0 Å². The topological polar surface area (TPSA) is 36.4 Å². The van der Waals surface area contributed by atoms with Crippen LogP contribution in [-0.2, 0) is 6.42 Å². The van der Waals surface area contributed by atoms with E-state index in [1.54, 1.807) is 7.05 Å². The van der Waals surface area contributed by atoms with Gasteiger partial charge in [-0.25, -0.2) is 13.8 Å². The minimum absolute atomic E-state index is 0.0129. The number of aromatic nitrogens is 1. The molecular formula is C12H18F2N2OS. The number of fused-ring (bicyclic) bond motifs is 1. The van der Waals surface area contributed by atoms with E-state index in [4.69, 9.17) is 0 Å². The summed E-state index contributed by atoms with van der Waals surface area (Å²) in [5, 5.41) is 10.6. The number of anilines is 1. The van der Waals surface area contributed by atoms with Gasteiger partial charge in [0.1, 0.15) is 0 Å². The number of thiazole rings is 1. The molecule has 2 rings (SSSR count). The predicted octanol–water partition coefficient (Wildman–Crippen LogP) is 2.85.